The average Bonchev–Trinajstić information content (AvgIpc) is 2.73. The summed E-state index contributed by atoms with van der Waals surface area (Å²) in [5.41, 5.74) is 4.60. The minimum atomic E-state index is -1.10. The summed E-state index contributed by atoms with van der Waals surface area (Å²) in [6.45, 7) is 6.56. The SMILES string of the molecule is CCOc1ccc(C(=O)O)cc1/C=N\NC(=O)C(=O)NCc1ccc(C(C)C)cc1. The first-order chi connectivity index (χ1) is 14.3. The normalized spacial score (nSPS) is 10.8. The van der Waals surface area contributed by atoms with Gasteiger partial charge in [0.1, 0.15) is 5.75 Å². The van der Waals surface area contributed by atoms with Crippen LogP contribution in [0.2, 0.25) is 0 Å². The number of carbonyl (C=O) groups excluding carboxylic acids is 2. The molecular weight excluding hydrogens is 386 g/mol. The van der Waals surface area contributed by atoms with Gasteiger partial charge in [0.2, 0.25) is 0 Å². The highest BCUT2D eigenvalue weighted by atomic mass is 16.5. The van der Waals surface area contributed by atoms with Gasteiger partial charge in [0.15, 0.2) is 0 Å². The minimum Gasteiger partial charge on any atom is -0.493 e. The zero-order valence-corrected chi connectivity index (χ0v) is 17.1. The number of carboxylic acid groups (broad SMARTS) is 1. The van der Waals surface area contributed by atoms with Crippen LogP contribution in [-0.2, 0) is 16.1 Å². The van der Waals surface area contributed by atoms with Gasteiger partial charge in [0.05, 0.1) is 18.4 Å². The molecule has 30 heavy (non-hydrogen) atoms. The van der Waals surface area contributed by atoms with E-state index in [0.29, 0.717) is 23.8 Å². The van der Waals surface area contributed by atoms with Crippen molar-refractivity contribution >= 4 is 24.0 Å². The molecule has 8 nitrogen and oxygen atoms in total. The molecule has 2 aromatic rings. The lowest BCUT2D eigenvalue weighted by Gasteiger charge is -2.08. The molecule has 0 bridgehead atoms. The van der Waals surface area contributed by atoms with Crippen molar-refractivity contribution in [3.63, 3.8) is 0 Å². The number of hydrazone groups is 1. The van der Waals surface area contributed by atoms with Gasteiger partial charge in [-0.15, -0.1) is 0 Å². The third-order valence-electron chi connectivity index (χ3n) is 4.23. The Labute approximate surface area is 174 Å². The zero-order valence-electron chi connectivity index (χ0n) is 17.1. The van der Waals surface area contributed by atoms with Crippen LogP contribution in [0.15, 0.2) is 47.6 Å². The number of nitrogens with one attached hydrogen (secondary N) is 2. The Morgan fingerprint density at radius 3 is 2.40 bits per heavy atom. The number of amides is 2. The monoisotopic (exact) mass is 411 g/mol. The van der Waals surface area contributed by atoms with Crippen LogP contribution in [0, 0.1) is 0 Å². The molecule has 0 saturated heterocycles. The first-order valence-corrected chi connectivity index (χ1v) is 9.52. The number of rotatable bonds is 8. The summed E-state index contributed by atoms with van der Waals surface area (Å²) in [4.78, 5) is 35.0. The van der Waals surface area contributed by atoms with E-state index in [-0.39, 0.29) is 12.1 Å². The molecule has 158 valence electrons. The Morgan fingerprint density at radius 2 is 1.80 bits per heavy atom. The number of benzene rings is 2. The van der Waals surface area contributed by atoms with E-state index in [9.17, 15) is 14.4 Å². The standard InChI is InChI=1S/C22H25N3O5/c1-4-30-19-10-9-17(22(28)29)11-18(19)13-24-25-21(27)20(26)23-12-15-5-7-16(8-6-15)14(2)3/h5-11,13-14H,4,12H2,1-3H3,(H,23,26)(H,25,27)(H,28,29)/b24-13-. The van der Waals surface area contributed by atoms with Gasteiger partial charge in [-0.05, 0) is 42.2 Å². The summed E-state index contributed by atoms with van der Waals surface area (Å²) in [6, 6.07) is 12.0. The number of carbonyl (C=O) groups is 3. The number of carboxylic acids is 1. The average molecular weight is 411 g/mol. The zero-order chi connectivity index (χ0) is 22.1. The number of hydrogen-bond donors (Lipinski definition) is 3. The lowest BCUT2D eigenvalue weighted by Crippen LogP contribution is -2.37. The van der Waals surface area contributed by atoms with Crippen molar-refractivity contribution in [3.05, 3.63) is 64.7 Å². The molecule has 2 rings (SSSR count). The number of ether oxygens (including phenoxy) is 1. The van der Waals surface area contributed by atoms with E-state index in [1.807, 2.05) is 24.3 Å². The van der Waals surface area contributed by atoms with Crippen LogP contribution < -0.4 is 15.5 Å². The summed E-state index contributed by atoms with van der Waals surface area (Å²) < 4.78 is 5.41. The van der Waals surface area contributed by atoms with Gasteiger partial charge in [0.25, 0.3) is 0 Å². The highest BCUT2D eigenvalue weighted by Crippen LogP contribution is 2.19. The molecular formula is C22H25N3O5. The van der Waals surface area contributed by atoms with E-state index < -0.39 is 17.8 Å². The smallest absolute Gasteiger partial charge is 0.335 e. The largest absolute Gasteiger partial charge is 0.493 e. The van der Waals surface area contributed by atoms with Gasteiger partial charge < -0.3 is 15.2 Å². The number of nitrogens with zero attached hydrogens (tertiary/aromatic N) is 1. The molecule has 2 aromatic carbocycles. The maximum atomic E-state index is 11.9. The lowest BCUT2D eigenvalue weighted by molar-refractivity contribution is -0.139. The van der Waals surface area contributed by atoms with Crippen molar-refractivity contribution in [1.82, 2.24) is 10.7 Å². The fraction of sp³-hybridized carbons (Fsp3) is 0.273. The van der Waals surface area contributed by atoms with Gasteiger partial charge in [-0.3, -0.25) is 9.59 Å². The molecule has 0 spiro atoms. The third kappa shape index (κ3) is 6.44. The molecule has 0 unspecified atom stereocenters. The molecule has 0 aliphatic rings. The second-order valence-electron chi connectivity index (χ2n) is 6.77. The molecule has 3 N–H and O–H groups in total. The van der Waals surface area contributed by atoms with E-state index in [1.165, 1.54) is 30.0 Å². The van der Waals surface area contributed by atoms with Crippen molar-refractivity contribution in [2.75, 3.05) is 6.61 Å². The van der Waals surface area contributed by atoms with Gasteiger partial charge in [-0.2, -0.15) is 5.10 Å². The fourth-order valence-corrected chi connectivity index (χ4v) is 2.56. The number of hydrogen-bond acceptors (Lipinski definition) is 5. The highest BCUT2D eigenvalue weighted by molar-refractivity contribution is 6.35. The van der Waals surface area contributed by atoms with E-state index in [4.69, 9.17) is 9.84 Å². The van der Waals surface area contributed by atoms with Crippen LogP contribution in [0.5, 0.6) is 5.75 Å². The maximum Gasteiger partial charge on any atom is 0.335 e. The summed E-state index contributed by atoms with van der Waals surface area (Å²) in [7, 11) is 0. The fourth-order valence-electron chi connectivity index (χ4n) is 2.56. The summed E-state index contributed by atoms with van der Waals surface area (Å²) >= 11 is 0. The van der Waals surface area contributed by atoms with Gasteiger partial charge in [0, 0.05) is 12.1 Å². The summed E-state index contributed by atoms with van der Waals surface area (Å²) in [6.07, 6.45) is 1.23. The van der Waals surface area contributed by atoms with E-state index in [1.54, 1.807) is 6.92 Å². The van der Waals surface area contributed by atoms with Crippen LogP contribution in [0.1, 0.15) is 53.7 Å². The molecule has 0 saturated carbocycles. The molecule has 0 radical (unpaired) electrons. The molecule has 0 aliphatic heterocycles. The quantitative estimate of drug-likeness (QED) is 0.351. The first-order valence-electron chi connectivity index (χ1n) is 9.52. The Hall–Kier alpha value is -3.68. The van der Waals surface area contributed by atoms with Crippen molar-refractivity contribution in [1.29, 1.82) is 0 Å². The molecule has 0 aliphatic carbocycles. The number of aromatic carboxylic acids is 1. The predicted octanol–water partition coefficient (Wildman–Crippen LogP) is 2.67. The van der Waals surface area contributed by atoms with Crippen LogP contribution in [0.3, 0.4) is 0 Å². The Bertz CT molecular complexity index is 936. The molecule has 0 heterocycles. The van der Waals surface area contributed by atoms with Crippen LogP contribution in [0.25, 0.3) is 0 Å². The minimum absolute atomic E-state index is 0.0486. The second kappa shape index (κ2) is 10.8. The molecule has 2 amide bonds. The van der Waals surface area contributed by atoms with Gasteiger partial charge in [-0.1, -0.05) is 38.1 Å². The maximum absolute atomic E-state index is 11.9. The molecule has 8 heteroatoms. The first kappa shape index (κ1) is 22.6. The molecule has 0 atom stereocenters. The van der Waals surface area contributed by atoms with E-state index in [2.05, 4.69) is 29.7 Å². The Balaban J connectivity index is 1.94. The van der Waals surface area contributed by atoms with Crippen LogP contribution in [-0.4, -0.2) is 35.7 Å². The van der Waals surface area contributed by atoms with Crippen molar-refractivity contribution in [2.24, 2.45) is 5.10 Å². The molecule has 0 fully saturated rings. The molecule has 0 aromatic heterocycles. The second-order valence-corrected chi connectivity index (χ2v) is 6.77. The van der Waals surface area contributed by atoms with E-state index in [0.717, 1.165) is 5.56 Å². The van der Waals surface area contributed by atoms with Crippen molar-refractivity contribution in [2.45, 2.75) is 33.2 Å². The van der Waals surface area contributed by atoms with Crippen molar-refractivity contribution in [3.8, 4) is 5.75 Å². The summed E-state index contributed by atoms with van der Waals surface area (Å²) in [5, 5.41) is 15.4. The van der Waals surface area contributed by atoms with Crippen LogP contribution in [0.4, 0.5) is 0 Å². The van der Waals surface area contributed by atoms with Gasteiger partial charge in [-0.25, -0.2) is 10.2 Å². The Kier molecular flexibility index (Phi) is 8.10. The topological polar surface area (TPSA) is 117 Å². The van der Waals surface area contributed by atoms with Crippen LogP contribution >= 0.6 is 0 Å². The van der Waals surface area contributed by atoms with Gasteiger partial charge >= 0.3 is 17.8 Å². The predicted molar refractivity (Wildman–Crippen MR) is 113 cm³/mol. The lowest BCUT2D eigenvalue weighted by atomic mass is 10.0. The van der Waals surface area contributed by atoms with E-state index >= 15 is 0 Å². The highest BCUT2D eigenvalue weighted by Gasteiger charge is 2.13. The third-order valence-corrected chi connectivity index (χ3v) is 4.23. The van der Waals surface area contributed by atoms with Crippen molar-refractivity contribution < 1.29 is 24.2 Å². The Morgan fingerprint density at radius 1 is 1.10 bits per heavy atom. The summed E-state index contributed by atoms with van der Waals surface area (Å²) in [5.74, 6) is -2.04.